The van der Waals surface area contributed by atoms with E-state index in [2.05, 4.69) is 25.5 Å². The zero-order chi connectivity index (χ0) is 15.5. The van der Waals surface area contributed by atoms with E-state index in [0.29, 0.717) is 22.8 Å². The average molecular weight is 292 g/mol. The minimum atomic E-state index is -0.303. The molecule has 0 spiro atoms. The molecule has 22 heavy (non-hydrogen) atoms. The molecule has 0 saturated carbocycles. The Morgan fingerprint density at radius 3 is 2.68 bits per heavy atom. The predicted molar refractivity (Wildman–Crippen MR) is 80.0 cm³/mol. The minimum absolute atomic E-state index is 0.303. The van der Waals surface area contributed by atoms with Gasteiger partial charge in [-0.2, -0.15) is 10.4 Å². The van der Waals surface area contributed by atoms with Crippen molar-refractivity contribution in [2.45, 2.75) is 6.92 Å². The lowest BCUT2D eigenvalue weighted by atomic mass is 10.2. The molecule has 0 aliphatic rings. The molecule has 0 bridgehead atoms. The highest BCUT2D eigenvalue weighted by atomic mass is 16.1. The Hall–Kier alpha value is -3.40. The lowest BCUT2D eigenvalue weighted by Crippen LogP contribution is -2.12. The summed E-state index contributed by atoms with van der Waals surface area (Å²) in [4.78, 5) is 19.0. The molecule has 0 fully saturated rings. The molecule has 0 radical (unpaired) electrons. The van der Waals surface area contributed by atoms with Crippen LogP contribution in [0.25, 0.3) is 11.4 Å². The van der Waals surface area contributed by atoms with Crippen LogP contribution < -0.4 is 5.32 Å². The van der Waals surface area contributed by atoms with Crippen LogP contribution in [0.1, 0.15) is 21.9 Å². The van der Waals surface area contributed by atoms with Crippen LogP contribution in [0.5, 0.6) is 0 Å². The summed E-state index contributed by atoms with van der Waals surface area (Å²) in [5, 5.41) is 18.4. The van der Waals surface area contributed by atoms with Gasteiger partial charge in [0.15, 0.2) is 5.82 Å². The summed E-state index contributed by atoms with van der Waals surface area (Å²) < 4.78 is 0. The summed E-state index contributed by atoms with van der Waals surface area (Å²) in [6, 6.07) is 10.7. The molecule has 1 aromatic carbocycles. The van der Waals surface area contributed by atoms with Gasteiger partial charge in [-0.3, -0.25) is 9.89 Å². The molecule has 0 saturated heterocycles. The minimum Gasteiger partial charge on any atom is -0.356 e. The van der Waals surface area contributed by atoms with Crippen molar-refractivity contribution < 1.29 is 4.79 Å². The Morgan fingerprint density at radius 1 is 1.32 bits per heavy atom. The average Bonchev–Trinajstić information content (AvgIpc) is 3.17. The first kappa shape index (κ1) is 13.6. The number of nitrogens with one attached hydrogen (secondary N) is 3. The Morgan fingerprint density at radius 2 is 2.09 bits per heavy atom. The first-order chi connectivity index (χ1) is 10.7. The largest absolute Gasteiger partial charge is 0.356 e. The Balaban J connectivity index is 1.73. The molecule has 7 heteroatoms. The number of carbonyl (C=O) groups is 1. The quantitative estimate of drug-likeness (QED) is 0.687. The molecule has 0 aliphatic heterocycles. The SMILES string of the molecule is Cc1nc(-c2ccc(NC(=O)c3cc(C#N)c[nH]3)cc2)n[nH]1. The van der Waals surface area contributed by atoms with E-state index in [-0.39, 0.29) is 5.91 Å². The van der Waals surface area contributed by atoms with Crippen molar-refractivity contribution in [3.63, 3.8) is 0 Å². The van der Waals surface area contributed by atoms with Gasteiger partial charge in [0.2, 0.25) is 0 Å². The van der Waals surface area contributed by atoms with Crippen molar-refractivity contribution in [2.24, 2.45) is 0 Å². The third-order valence-electron chi connectivity index (χ3n) is 3.05. The molecule has 0 atom stereocenters. The van der Waals surface area contributed by atoms with Gasteiger partial charge in [-0.15, -0.1) is 0 Å². The fourth-order valence-electron chi connectivity index (χ4n) is 1.96. The lowest BCUT2D eigenvalue weighted by molar-refractivity contribution is 0.102. The molecule has 3 N–H and O–H groups in total. The summed E-state index contributed by atoms with van der Waals surface area (Å²) in [6.07, 6.45) is 1.49. The smallest absolute Gasteiger partial charge is 0.272 e. The number of hydrogen-bond acceptors (Lipinski definition) is 4. The molecule has 7 nitrogen and oxygen atoms in total. The van der Waals surface area contributed by atoms with Gasteiger partial charge in [0.1, 0.15) is 17.6 Å². The molecular weight excluding hydrogens is 280 g/mol. The number of carbonyl (C=O) groups excluding carboxylic acids is 1. The third-order valence-corrected chi connectivity index (χ3v) is 3.05. The molecule has 2 heterocycles. The van der Waals surface area contributed by atoms with Gasteiger partial charge in [0.25, 0.3) is 5.91 Å². The van der Waals surface area contributed by atoms with Gasteiger partial charge in [-0.05, 0) is 37.3 Å². The van der Waals surface area contributed by atoms with Crippen LogP contribution >= 0.6 is 0 Å². The number of amides is 1. The van der Waals surface area contributed by atoms with Gasteiger partial charge >= 0.3 is 0 Å². The lowest BCUT2D eigenvalue weighted by Gasteiger charge is -2.04. The van der Waals surface area contributed by atoms with Crippen LogP contribution in [0, 0.1) is 18.3 Å². The number of aryl methyl sites for hydroxylation is 1. The number of nitriles is 1. The highest BCUT2D eigenvalue weighted by Gasteiger charge is 2.09. The maximum Gasteiger partial charge on any atom is 0.272 e. The van der Waals surface area contributed by atoms with Crippen LogP contribution in [-0.4, -0.2) is 26.1 Å². The van der Waals surface area contributed by atoms with Crippen molar-refractivity contribution >= 4 is 11.6 Å². The molecule has 0 aliphatic carbocycles. The van der Waals surface area contributed by atoms with Gasteiger partial charge in [0.05, 0.1) is 5.56 Å². The highest BCUT2D eigenvalue weighted by Crippen LogP contribution is 2.18. The van der Waals surface area contributed by atoms with E-state index in [9.17, 15) is 4.79 Å². The van der Waals surface area contributed by atoms with E-state index in [1.165, 1.54) is 12.3 Å². The predicted octanol–water partition coefficient (Wildman–Crippen LogP) is 2.23. The number of aromatic nitrogens is 4. The fourth-order valence-corrected chi connectivity index (χ4v) is 1.96. The van der Waals surface area contributed by atoms with Crippen LogP contribution in [0.4, 0.5) is 5.69 Å². The van der Waals surface area contributed by atoms with Gasteiger partial charge in [-0.1, -0.05) is 0 Å². The summed E-state index contributed by atoms with van der Waals surface area (Å²) in [5.41, 5.74) is 2.26. The van der Waals surface area contributed by atoms with Gasteiger partial charge in [-0.25, -0.2) is 4.98 Å². The second-order valence-electron chi connectivity index (χ2n) is 4.69. The monoisotopic (exact) mass is 292 g/mol. The highest BCUT2D eigenvalue weighted by molar-refractivity contribution is 6.03. The molecule has 3 rings (SSSR count). The van der Waals surface area contributed by atoms with Crippen molar-refractivity contribution in [3.8, 4) is 17.5 Å². The van der Waals surface area contributed by atoms with Crippen LogP contribution in [-0.2, 0) is 0 Å². The number of H-pyrrole nitrogens is 2. The zero-order valence-electron chi connectivity index (χ0n) is 11.7. The summed E-state index contributed by atoms with van der Waals surface area (Å²) >= 11 is 0. The second-order valence-corrected chi connectivity index (χ2v) is 4.69. The number of hydrogen-bond donors (Lipinski definition) is 3. The molecule has 108 valence electrons. The number of nitrogens with zero attached hydrogens (tertiary/aromatic N) is 3. The first-order valence-electron chi connectivity index (χ1n) is 6.55. The maximum atomic E-state index is 12.0. The molecule has 1 amide bonds. The van der Waals surface area contributed by atoms with E-state index in [1.54, 1.807) is 12.1 Å². The summed E-state index contributed by atoms with van der Waals surface area (Å²) in [7, 11) is 0. The second kappa shape index (κ2) is 5.54. The Labute approximate surface area is 126 Å². The standard InChI is InChI=1S/C15H12N6O/c1-9-18-14(21-20-9)11-2-4-12(5-3-11)19-15(22)13-6-10(7-16)8-17-13/h2-6,8,17H,1H3,(H,19,22)(H,18,20,21). The van der Waals surface area contributed by atoms with Crippen LogP contribution in [0.2, 0.25) is 0 Å². The van der Waals surface area contributed by atoms with E-state index < -0.39 is 0 Å². The Kier molecular flexibility index (Phi) is 3.42. The van der Waals surface area contributed by atoms with Crippen molar-refractivity contribution in [2.75, 3.05) is 5.32 Å². The number of aromatic amines is 2. The molecular formula is C15H12N6O. The fraction of sp³-hybridized carbons (Fsp3) is 0.0667. The normalized spacial score (nSPS) is 10.2. The number of rotatable bonds is 3. The van der Waals surface area contributed by atoms with Crippen LogP contribution in [0.15, 0.2) is 36.5 Å². The van der Waals surface area contributed by atoms with Gasteiger partial charge < -0.3 is 10.3 Å². The topological polar surface area (TPSA) is 110 Å². The van der Waals surface area contributed by atoms with E-state index in [1.807, 2.05) is 25.1 Å². The van der Waals surface area contributed by atoms with Crippen LogP contribution in [0.3, 0.4) is 0 Å². The summed E-state index contributed by atoms with van der Waals surface area (Å²) in [6.45, 7) is 1.83. The molecule has 0 unspecified atom stereocenters. The Bertz CT molecular complexity index is 853. The van der Waals surface area contributed by atoms with E-state index in [0.717, 1.165) is 11.4 Å². The van der Waals surface area contributed by atoms with E-state index >= 15 is 0 Å². The summed E-state index contributed by atoms with van der Waals surface area (Å²) in [5.74, 6) is 1.05. The van der Waals surface area contributed by atoms with E-state index in [4.69, 9.17) is 5.26 Å². The van der Waals surface area contributed by atoms with Crippen molar-refractivity contribution in [1.82, 2.24) is 20.2 Å². The zero-order valence-corrected chi connectivity index (χ0v) is 11.7. The maximum absolute atomic E-state index is 12.0. The van der Waals surface area contributed by atoms with Gasteiger partial charge in [0, 0.05) is 17.4 Å². The first-order valence-corrected chi connectivity index (χ1v) is 6.55. The number of anilines is 1. The molecule has 2 aromatic heterocycles. The van der Waals surface area contributed by atoms with Crippen molar-refractivity contribution in [1.29, 1.82) is 5.26 Å². The number of benzene rings is 1. The third kappa shape index (κ3) is 2.71. The molecule has 3 aromatic rings. The van der Waals surface area contributed by atoms with Crippen molar-refractivity contribution in [3.05, 3.63) is 53.6 Å².